The summed E-state index contributed by atoms with van der Waals surface area (Å²) < 4.78 is 0. The summed E-state index contributed by atoms with van der Waals surface area (Å²) in [6.07, 6.45) is 10.9. The zero-order valence-electron chi connectivity index (χ0n) is 9.69. The van der Waals surface area contributed by atoms with Crippen LogP contribution in [0, 0.1) is 0 Å². The Morgan fingerprint density at radius 3 is 2.38 bits per heavy atom. The van der Waals surface area contributed by atoms with Crippen LogP contribution in [0.15, 0.2) is 23.3 Å². The van der Waals surface area contributed by atoms with Gasteiger partial charge in [0.05, 0.1) is 0 Å². The van der Waals surface area contributed by atoms with Crippen molar-refractivity contribution >= 4 is 0 Å². The van der Waals surface area contributed by atoms with Crippen molar-refractivity contribution in [2.24, 2.45) is 0 Å². The van der Waals surface area contributed by atoms with Gasteiger partial charge in [-0.2, -0.15) is 0 Å². The average Bonchev–Trinajstić information content (AvgIpc) is 2.17. The molecule has 0 saturated heterocycles. The Bertz CT molecular complexity index is 172. The standard InChI is InChI=1S/C13H24/c1-5-8-9-13(7-3)11-10-12(4)6-2/h6,11H,5,7-10H2,1-4H3/b12-6+,13-11+. The third-order valence-electron chi connectivity index (χ3n) is 2.51. The van der Waals surface area contributed by atoms with Crippen LogP contribution in [0.1, 0.15) is 59.8 Å². The lowest BCUT2D eigenvalue weighted by molar-refractivity contribution is 0.762. The second-order valence-corrected chi connectivity index (χ2v) is 3.66. The summed E-state index contributed by atoms with van der Waals surface area (Å²) in [6.45, 7) is 8.82. The lowest BCUT2D eigenvalue weighted by atomic mass is 10.0. The molecule has 0 bridgehead atoms. The SMILES string of the molecule is C/C=C(\C)C/C=C(\CC)CCCC. The van der Waals surface area contributed by atoms with Crippen molar-refractivity contribution in [3.8, 4) is 0 Å². The van der Waals surface area contributed by atoms with Gasteiger partial charge in [-0.1, -0.05) is 43.6 Å². The van der Waals surface area contributed by atoms with Gasteiger partial charge < -0.3 is 0 Å². The summed E-state index contributed by atoms with van der Waals surface area (Å²) in [5.41, 5.74) is 3.10. The maximum absolute atomic E-state index is 2.41. The van der Waals surface area contributed by atoms with Crippen LogP contribution in [0.2, 0.25) is 0 Å². The van der Waals surface area contributed by atoms with E-state index in [1.807, 2.05) is 0 Å². The summed E-state index contributed by atoms with van der Waals surface area (Å²) in [5, 5.41) is 0. The number of unbranched alkanes of at least 4 members (excludes halogenated alkanes) is 1. The van der Waals surface area contributed by atoms with Crippen molar-refractivity contribution in [3.63, 3.8) is 0 Å². The largest absolute Gasteiger partial charge is 0.0884 e. The van der Waals surface area contributed by atoms with Crippen molar-refractivity contribution in [2.75, 3.05) is 0 Å². The minimum absolute atomic E-state index is 1.14. The molecule has 0 saturated carbocycles. The molecule has 0 amide bonds. The van der Waals surface area contributed by atoms with E-state index in [2.05, 4.69) is 39.8 Å². The van der Waals surface area contributed by atoms with E-state index in [0.717, 1.165) is 6.42 Å². The molecule has 0 atom stereocenters. The molecule has 0 spiro atoms. The molecule has 0 radical (unpaired) electrons. The molecular formula is C13H24. The van der Waals surface area contributed by atoms with Crippen molar-refractivity contribution in [2.45, 2.75) is 59.8 Å². The van der Waals surface area contributed by atoms with Gasteiger partial charge in [0.25, 0.3) is 0 Å². The average molecular weight is 180 g/mol. The first-order valence-electron chi connectivity index (χ1n) is 5.54. The zero-order chi connectivity index (χ0) is 10.1. The molecule has 0 N–H and O–H groups in total. The number of hydrogen-bond acceptors (Lipinski definition) is 0. The monoisotopic (exact) mass is 180 g/mol. The van der Waals surface area contributed by atoms with E-state index < -0.39 is 0 Å². The van der Waals surface area contributed by atoms with E-state index in [1.165, 1.54) is 31.3 Å². The van der Waals surface area contributed by atoms with Crippen molar-refractivity contribution in [1.29, 1.82) is 0 Å². The van der Waals surface area contributed by atoms with Crippen LogP contribution in [0.3, 0.4) is 0 Å². The minimum Gasteiger partial charge on any atom is -0.0884 e. The highest BCUT2D eigenvalue weighted by molar-refractivity contribution is 5.09. The van der Waals surface area contributed by atoms with Crippen molar-refractivity contribution < 1.29 is 0 Å². The summed E-state index contributed by atoms with van der Waals surface area (Å²) in [5.74, 6) is 0. The van der Waals surface area contributed by atoms with Crippen LogP contribution in [-0.4, -0.2) is 0 Å². The Labute approximate surface area is 83.7 Å². The van der Waals surface area contributed by atoms with E-state index in [0.29, 0.717) is 0 Å². The van der Waals surface area contributed by atoms with Crippen LogP contribution >= 0.6 is 0 Å². The van der Waals surface area contributed by atoms with E-state index in [4.69, 9.17) is 0 Å². The Kier molecular flexibility index (Phi) is 7.77. The Morgan fingerprint density at radius 2 is 1.92 bits per heavy atom. The highest BCUT2D eigenvalue weighted by Gasteiger charge is 1.93. The van der Waals surface area contributed by atoms with E-state index in [9.17, 15) is 0 Å². The van der Waals surface area contributed by atoms with Crippen LogP contribution in [0.4, 0.5) is 0 Å². The third-order valence-corrected chi connectivity index (χ3v) is 2.51. The van der Waals surface area contributed by atoms with Gasteiger partial charge in [0.1, 0.15) is 0 Å². The lowest BCUT2D eigenvalue weighted by Crippen LogP contribution is -1.83. The van der Waals surface area contributed by atoms with Gasteiger partial charge >= 0.3 is 0 Å². The zero-order valence-corrected chi connectivity index (χ0v) is 9.69. The first-order chi connectivity index (χ1) is 6.24. The van der Waals surface area contributed by atoms with Gasteiger partial charge in [-0.25, -0.2) is 0 Å². The van der Waals surface area contributed by atoms with E-state index in [1.54, 1.807) is 5.57 Å². The summed E-state index contributed by atoms with van der Waals surface area (Å²) in [6, 6.07) is 0. The predicted octanol–water partition coefficient (Wildman–Crippen LogP) is 4.87. The normalized spacial score (nSPS) is 13.5. The van der Waals surface area contributed by atoms with Crippen molar-refractivity contribution in [3.05, 3.63) is 23.3 Å². The second kappa shape index (κ2) is 8.10. The fourth-order valence-electron chi connectivity index (χ4n) is 1.25. The summed E-state index contributed by atoms with van der Waals surface area (Å²) in [4.78, 5) is 0. The smallest absolute Gasteiger partial charge is 0.0139 e. The predicted molar refractivity (Wildman–Crippen MR) is 61.9 cm³/mol. The molecule has 0 aliphatic carbocycles. The first kappa shape index (κ1) is 12.5. The Balaban J connectivity index is 3.91. The second-order valence-electron chi connectivity index (χ2n) is 3.66. The third kappa shape index (κ3) is 6.62. The topological polar surface area (TPSA) is 0 Å². The van der Waals surface area contributed by atoms with E-state index >= 15 is 0 Å². The Hall–Kier alpha value is -0.520. The van der Waals surface area contributed by atoms with E-state index in [-0.39, 0.29) is 0 Å². The molecule has 0 rings (SSSR count). The molecule has 0 aromatic heterocycles. The lowest BCUT2D eigenvalue weighted by Gasteiger charge is -2.03. The molecule has 0 aliphatic heterocycles. The van der Waals surface area contributed by atoms with Gasteiger partial charge in [0.2, 0.25) is 0 Å². The van der Waals surface area contributed by atoms with Crippen LogP contribution in [0.25, 0.3) is 0 Å². The molecule has 0 fully saturated rings. The number of rotatable bonds is 6. The molecule has 0 heteroatoms. The molecule has 0 aromatic carbocycles. The van der Waals surface area contributed by atoms with Crippen LogP contribution in [0.5, 0.6) is 0 Å². The summed E-state index contributed by atoms with van der Waals surface area (Å²) in [7, 11) is 0. The van der Waals surface area contributed by atoms with Gasteiger partial charge in [-0.15, -0.1) is 0 Å². The molecule has 0 aliphatic rings. The van der Waals surface area contributed by atoms with Gasteiger partial charge in [0, 0.05) is 0 Å². The highest BCUT2D eigenvalue weighted by atomic mass is 14.0. The van der Waals surface area contributed by atoms with Gasteiger partial charge in [-0.3, -0.25) is 0 Å². The van der Waals surface area contributed by atoms with Crippen LogP contribution in [-0.2, 0) is 0 Å². The molecule has 13 heavy (non-hydrogen) atoms. The number of allylic oxidation sites excluding steroid dienone is 4. The maximum Gasteiger partial charge on any atom is -0.0139 e. The van der Waals surface area contributed by atoms with Crippen LogP contribution < -0.4 is 0 Å². The highest BCUT2D eigenvalue weighted by Crippen LogP contribution is 2.13. The molecular weight excluding hydrogens is 156 g/mol. The summed E-state index contributed by atoms with van der Waals surface area (Å²) >= 11 is 0. The number of hydrogen-bond donors (Lipinski definition) is 0. The van der Waals surface area contributed by atoms with Crippen molar-refractivity contribution in [1.82, 2.24) is 0 Å². The molecule has 0 unspecified atom stereocenters. The molecule has 0 heterocycles. The maximum atomic E-state index is 2.41. The fraction of sp³-hybridized carbons (Fsp3) is 0.692. The quantitative estimate of drug-likeness (QED) is 0.512. The molecule has 0 nitrogen and oxygen atoms in total. The van der Waals surface area contributed by atoms with Gasteiger partial charge in [0.15, 0.2) is 0 Å². The molecule has 76 valence electrons. The molecule has 0 aromatic rings. The Morgan fingerprint density at radius 1 is 1.23 bits per heavy atom. The minimum atomic E-state index is 1.14. The first-order valence-corrected chi connectivity index (χ1v) is 5.54. The fourth-order valence-corrected chi connectivity index (χ4v) is 1.25. The van der Waals surface area contributed by atoms with Gasteiger partial charge in [-0.05, 0) is 39.5 Å².